The number of para-hydroxylation sites is 2. The Bertz CT molecular complexity index is 1540. The van der Waals surface area contributed by atoms with Crippen LogP contribution in [0.3, 0.4) is 0 Å². The van der Waals surface area contributed by atoms with E-state index in [1.54, 1.807) is 0 Å². The summed E-state index contributed by atoms with van der Waals surface area (Å²) in [6.45, 7) is 7.49. The van der Waals surface area contributed by atoms with E-state index in [1.165, 1.54) is 36.8 Å². The summed E-state index contributed by atoms with van der Waals surface area (Å²) >= 11 is 0. The van der Waals surface area contributed by atoms with E-state index in [-0.39, 0.29) is 11.3 Å². The molecule has 4 aromatic rings. The Morgan fingerprint density at radius 1 is 0.884 bits per heavy atom. The number of ether oxygens (including phenoxy) is 1. The number of hydrogen-bond acceptors (Lipinski definition) is 4. The fraction of sp³-hybridized carbons (Fsp3) is 0.459. The predicted octanol–water partition coefficient (Wildman–Crippen LogP) is 7.18. The molecule has 7 rings (SSSR count). The van der Waals surface area contributed by atoms with Crippen molar-refractivity contribution in [3.8, 4) is 5.75 Å². The summed E-state index contributed by atoms with van der Waals surface area (Å²) in [4.78, 5) is 23.2. The van der Waals surface area contributed by atoms with Crippen molar-refractivity contribution in [3.05, 3.63) is 95.8 Å². The van der Waals surface area contributed by atoms with E-state index >= 15 is 0 Å². The topological polar surface area (TPSA) is 50.6 Å². The number of benzene rings is 3. The first kappa shape index (κ1) is 28.1. The monoisotopic (exact) mass is 576 g/mol. The van der Waals surface area contributed by atoms with Gasteiger partial charge in [0, 0.05) is 36.8 Å². The van der Waals surface area contributed by atoms with Crippen molar-refractivity contribution < 1.29 is 9.53 Å². The molecular formula is C37H44N4O2. The Hall–Kier alpha value is -3.64. The molecule has 6 nitrogen and oxygen atoms in total. The Balaban J connectivity index is 1.04. The average molecular weight is 577 g/mol. The van der Waals surface area contributed by atoms with E-state index in [2.05, 4.69) is 75.9 Å². The third-order valence-corrected chi connectivity index (χ3v) is 10.7. The Kier molecular flexibility index (Phi) is 7.72. The van der Waals surface area contributed by atoms with Gasteiger partial charge in [-0.1, -0.05) is 42.5 Å². The van der Waals surface area contributed by atoms with E-state index in [0.717, 1.165) is 61.6 Å². The normalized spacial score (nSPS) is 23.5. The molecule has 0 N–H and O–H groups in total. The van der Waals surface area contributed by atoms with Crippen molar-refractivity contribution in [2.24, 2.45) is 0 Å². The van der Waals surface area contributed by atoms with Gasteiger partial charge in [-0.3, -0.25) is 9.69 Å². The van der Waals surface area contributed by atoms with Crippen LogP contribution in [0, 0.1) is 6.92 Å². The van der Waals surface area contributed by atoms with Gasteiger partial charge in [0.15, 0.2) is 0 Å². The summed E-state index contributed by atoms with van der Waals surface area (Å²) in [7, 11) is 0. The molecule has 3 atom stereocenters. The third-order valence-electron chi connectivity index (χ3n) is 10.7. The summed E-state index contributed by atoms with van der Waals surface area (Å²) in [5.74, 6) is 2.09. The van der Waals surface area contributed by atoms with Crippen molar-refractivity contribution in [1.29, 1.82) is 0 Å². The highest BCUT2D eigenvalue weighted by Gasteiger charge is 2.44. The maximum absolute atomic E-state index is 13.4. The van der Waals surface area contributed by atoms with Crippen LogP contribution in [-0.2, 0) is 5.41 Å². The molecular weight excluding hydrogens is 532 g/mol. The molecule has 3 aromatic carbocycles. The summed E-state index contributed by atoms with van der Waals surface area (Å²) in [5.41, 5.74) is 4.69. The van der Waals surface area contributed by atoms with Crippen LogP contribution in [0.1, 0.15) is 79.7 Å². The summed E-state index contributed by atoms with van der Waals surface area (Å²) in [6.07, 6.45) is 8.18. The Morgan fingerprint density at radius 3 is 2.26 bits per heavy atom. The van der Waals surface area contributed by atoms with E-state index in [4.69, 9.17) is 9.72 Å². The van der Waals surface area contributed by atoms with Gasteiger partial charge in [0.05, 0.1) is 17.6 Å². The van der Waals surface area contributed by atoms with Crippen LogP contribution >= 0.6 is 0 Å². The van der Waals surface area contributed by atoms with Gasteiger partial charge in [0.1, 0.15) is 11.6 Å². The minimum absolute atomic E-state index is 0.101. The van der Waals surface area contributed by atoms with Crippen LogP contribution in [0.4, 0.5) is 0 Å². The summed E-state index contributed by atoms with van der Waals surface area (Å²) < 4.78 is 8.10. The fourth-order valence-corrected chi connectivity index (χ4v) is 8.45. The van der Waals surface area contributed by atoms with Gasteiger partial charge in [-0.2, -0.15) is 0 Å². The number of carbonyl (C=O) groups excluding carboxylic acids is 1. The second-order valence-electron chi connectivity index (χ2n) is 12.9. The lowest BCUT2D eigenvalue weighted by Crippen LogP contribution is -2.49. The molecule has 6 heteroatoms. The van der Waals surface area contributed by atoms with Crippen molar-refractivity contribution >= 4 is 16.9 Å². The van der Waals surface area contributed by atoms with Crippen LogP contribution in [0.15, 0.2) is 78.9 Å². The highest BCUT2D eigenvalue weighted by atomic mass is 16.5. The van der Waals surface area contributed by atoms with Gasteiger partial charge < -0.3 is 14.2 Å². The van der Waals surface area contributed by atoms with Gasteiger partial charge in [0.25, 0.3) is 5.91 Å². The molecule has 3 saturated heterocycles. The number of aryl methyl sites for hydroxylation is 1. The standard InChI is InChI=1S/C37H44N4O2/c1-3-43-33-17-13-28(14-18-33)36(42)39-22-19-37(20-23-39,29-9-5-4-6-10-29)21-24-40-30-15-16-31(40)26-32(25-30)41-27(2)38-34-11-7-8-12-35(34)41/h4-14,17-18,30-32H,3,15-16,19-26H2,1-2H3/t30-,31+,32+. The smallest absolute Gasteiger partial charge is 0.253 e. The highest BCUT2D eigenvalue weighted by Crippen LogP contribution is 2.45. The molecule has 1 aromatic heterocycles. The van der Waals surface area contributed by atoms with Crippen LogP contribution in [0.2, 0.25) is 0 Å². The molecule has 3 aliphatic rings. The molecule has 224 valence electrons. The number of piperidine rings is 2. The third kappa shape index (κ3) is 5.35. The quantitative estimate of drug-likeness (QED) is 0.223. The van der Waals surface area contributed by atoms with Crippen LogP contribution < -0.4 is 4.74 Å². The molecule has 4 heterocycles. The average Bonchev–Trinajstić information content (AvgIpc) is 3.51. The van der Waals surface area contributed by atoms with Gasteiger partial charge in [-0.25, -0.2) is 4.98 Å². The van der Waals surface area contributed by atoms with Gasteiger partial charge in [-0.05, 0) is 113 Å². The fourth-order valence-electron chi connectivity index (χ4n) is 8.45. The number of likely N-dealkylation sites (tertiary alicyclic amines) is 1. The zero-order valence-electron chi connectivity index (χ0n) is 25.6. The number of imidazole rings is 1. The first-order valence-electron chi connectivity index (χ1n) is 16.3. The van der Waals surface area contributed by atoms with E-state index in [9.17, 15) is 4.79 Å². The first-order valence-corrected chi connectivity index (χ1v) is 16.3. The van der Waals surface area contributed by atoms with Crippen LogP contribution in [-0.4, -0.2) is 63.6 Å². The van der Waals surface area contributed by atoms with Gasteiger partial charge in [0.2, 0.25) is 0 Å². The van der Waals surface area contributed by atoms with Crippen molar-refractivity contribution in [2.75, 3.05) is 26.2 Å². The first-order chi connectivity index (χ1) is 21.0. The lowest BCUT2D eigenvalue weighted by Gasteiger charge is -2.45. The molecule has 0 radical (unpaired) electrons. The summed E-state index contributed by atoms with van der Waals surface area (Å²) in [6, 6.07) is 29.2. The van der Waals surface area contributed by atoms with Gasteiger partial charge in [-0.15, -0.1) is 0 Å². The molecule has 3 fully saturated rings. The highest BCUT2D eigenvalue weighted by molar-refractivity contribution is 5.94. The molecule has 3 aliphatic heterocycles. The number of carbonyl (C=O) groups is 1. The molecule has 0 spiro atoms. The molecule has 1 amide bonds. The Labute approximate surface area is 255 Å². The van der Waals surface area contributed by atoms with E-state index in [1.807, 2.05) is 31.2 Å². The second kappa shape index (κ2) is 11.8. The lowest BCUT2D eigenvalue weighted by molar-refractivity contribution is 0.0607. The van der Waals surface area contributed by atoms with Crippen LogP contribution in [0.5, 0.6) is 5.75 Å². The zero-order valence-corrected chi connectivity index (χ0v) is 25.6. The molecule has 0 saturated carbocycles. The summed E-state index contributed by atoms with van der Waals surface area (Å²) in [5, 5.41) is 0. The molecule has 0 unspecified atom stereocenters. The maximum Gasteiger partial charge on any atom is 0.253 e. The number of nitrogens with zero attached hydrogens (tertiary/aromatic N) is 4. The minimum Gasteiger partial charge on any atom is -0.494 e. The number of rotatable bonds is 8. The van der Waals surface area contributed by atoms with Gasteiger partial charge >= 0.3 is 0 Å². The number of amides is 1. The van der Waals surface area contributed by atoms with Crippen molar-refractivity contribution in [2.45, 2.75) is 82.3 Å². The Morgan fingerprint density at radius 2 is 1.56 bits per heavy atom. The SMILES string of the molecule is CCOc1ccc(C(=O)N2CCC(CCN3[C@@H]4CC[C@H]3C[C@@H](n3c(C)nc5ccccc53)C4)(c3ccccc3)CC2)cc1. The van der Waals surface area contributed by atoms with Crippen molar-refractivity contribution in [3.63, 3.8) is 0 Å². The second-order valence-corrected chi connectivity index (χ2v) is 12.9. The van der Waals surface area contributed by atoms with E-state index in [0.29, 0.717) is 24.7 Å². The lowest BCUT2D eigenvalue weighted by atomic mass is 9.70. The predicted molar refractivity (Wildman–Crippen MR) is 172 cm³/mol. The van der Waals surface area contributed by atoms with Crippen molar-refractivity contribution in [1.82, 2.24) is 19.4 Å². The molecule has 2 bridgehead atoms. The maximum atomic E-state index is 13.4. The molecule has 0 aliphatic carbocycles. The number of aromatic nitrogens is 2. The number of fused-ring (bicyclic) bond motifs is 3. The largest absolute Gasteiger partial charge is 0.494 e. The number of hydrogen-bond donors (Lipinski definition) is 0. The minimum atomic E-state index is 0.101. The molecule has 43 heavy (non-hydrogen) atoms. The van der Waals surface area contributed by atoms with Crippen LogP contribution in [0.25, 0.3) is 11.0 Å². The zero-order chi connectivity index (χ0) is 29.4. The van der Waals surface area contributed by atoms with E-state index < -0.39 is 0 Å².